The number of carbonyl (C=O) groups excluding carboxylic acids is 1. The van der Waals surface area contributed by atoms with Crippen LogP contribution in [-0.2, 0) is 17.8 Å². The third kappa shape index (κ3) is 5.05. The number of hydrogen-bond donors (Lipinski definition) is 1. The van der Waals surface area contributed by atoms with Gasteiger partial charge in [0, 0.05) is 18.9 Å². The Morgan fingerprint density at radius 2 is 1.68 bits per heavy atom. The van der Waals surface area contributed by atoms with Crippen molar-refractivity contribution < 1.29 is 14.7 Å². The molecular weight excluding hydrogens is 476 g/mol. The molecule has 0 radical (unpaired) electrons. The zero-order chi connectivity index (χ0) is 26.6. The van der Waals surface area contributed by atoms with E-state index in [4.69, 9.17) is 9.97 Å². The van der Waals surface area contributed by atoms with Crippen LogP contribution in [0.5, 0.6) is 0 Å². The monoisotopic (exact) mass is 510 g/mol. The molecule has 1 aliphatic carbocycles. The molecule has 5 rings (SSSR count). The first kappa shape index (κ1) is 25.6. The molecule has 2 heterocycles. The van der Waals surface area contributed by atoms with Crippen LogP contribution in [0.3, 0.4) is 0 Å². The van der Waals surface area contributed by atoms with Crippen molar-refractivity contribution in [3.8, 4) is 11.1 Å². The third-order valence-electron chi connectivity index (χ3n) is 7.55. The molecule has 1 saturated carbocycles. The van der Waals surface area contributed by atoms with Crippen molar-refractivity contribution in [2.75, 3.05) is 11.4 Å². The maximum Gasteiger partial charge on any atom is 0.336 e. The fourth-order valence-electron chi connectivity index (χ4n) is 5.52. The first-order chi connectivity index (χ1) is 18.5. The Balaban J connectivity index is 1.45. The van der Waals surface area contributed by atoms with Crippen molar-refractivity contribution >= 4 is 28.9 Å². The standard InChI is InChI=1S/C31H34N4O3/c1-3-27-32-26-18-19-28(34(4-2)30(36)23-10-6-5-7-11-23)33-29(26)35(27)20-21-14-16-22(17-15-21)24-12-8-9-13-25(24)31(37)38/h8-9,12-19,23H,3-7,10-11,20H2,1-2H3,(H,37,38). The maximum absolute atomic E-state index is 13.3. The fourth-order valence-corrected chi connectivity index (χ4v) is 5.52. The maximum atomic E-state index is 13.3. The second kappa shape index (κ2) is 11.2. The second-order valence-electron chi connectivity index (χ2n) is 9.95. The topological polar surface area (TPSA) is 88.3 Å². The number of aromatic nitrogens is 3. The van der Waals surface area contributed by atoms with Crippen LogP contribution in [0, 0.1) is 5.92 Å². The summed E-state index contributed by atoms with van der Waals surface area (Å²) in [6.07, 6.45) is 6.13. The predicted molar refractivity (Wildman–Crippen MR) is 149 cm³/mol. The average Bonchev–Trinajstić information content (AvgIpc) is 3.31. The molecule has 2 aromatic heterocycles. The molecule has 0 aliphatic heterocycles. The summed E-state index contributed by atoms with van der Waals surface area (Å²) in [5.41, 5.74) is 4.50. The molecule has 1 fully saturated rings. The highest BCUT2D eigenvalue weighted by Gasteiger charge is 2.27. The first-order valence-electron chi connectivity index (χ1n) is 13.6. The lowest BCUT2D eigenvalue weighted by Crippen LogP contribution is -2.37. The van der Waals surface area contributed by atoms with E-state index in [1.165, 1.54) is 6.42 Å². The smallest absolute Gasteiger partial charge is 0.336 e. The Bertz CT molecular complexity index is 1450. The summed E-state index contributed by atoms with van der Waals surface area (Å²) in [6, 6.07) is 18.9. The normalized spacial score (nSPS) is 14.1. The van der Waals surface area contributed by atoms with Crippen molar-refractivity contribution in [3.63, 3.8) is 0 Å². The quantitative estimate of drug-likeness (QED) is 0.299. The lowest BCUT2D eigenvalue weighted by molar-refractivity contribution is -0.123. The Hall–Kier alpha value is -4.00. The highest BCUT2D eigenvalue weighted by molar-refractivity contribution is 5.96. The molecule has 38 heavy (non-hydrogen) atoms. The Kier molecular flexibility index (Phi) is 7.54. The van der Waals surface area contributed by atoms with Gasteiger partial charge in [0.05, 0.1) is 12.1 Å². The number of pyridine rings is 1. The highest BCUT2D eigenvalue weighted by atomic mass is 16.4. The minimum absolute atomic E-state index is 0.0853. The van der Waals surface area contributed by atoms with Gasteiger partial charge in [-0.25, -0.2) is 14.8 Å². The number of hydrogen-bond acceptors (Lipinski definition) is 4. The Labute approximate surface area is 223 Å². The lowest BCUT2D eigenvalue weighted by atomic mass is 9.88. The molecular formula is C31H34N4O3. The summed E-state index contributed by atoms with van der Waals surface area (Å²) in [5.74, 6) is 0.943. The van der Waals surface area contributed by atoms with E-state index in [0.717, 1.165) is 60.2 Å². The number of anilines is 1. The van der Waals surface area contributed by atoms with Crippen molar-refractivity contribution in [2.24, 2.45) is 5.92 Å². The predicted octanol–water partition coefficient (Wildman–Crippen LogP) is 6.34. The van der Waals surface area contributed by atoms with E-state index in [2.05, 4.69) is 11.5 Å². The van der Waals surface area contributed by atoms with Gasteiger partial charge in [-0.15, -0.1) is 0 Å². The Morgan fingerprint density at radius 1 is 0.947 bits per heavy atom. The van der Waals surface area contributed by atoms with Crippen molar-refractivity contribution in [3.05, 3.63) is 77.6 Å². The van der Waals surface area contributed by atoms with Crippen molar-refractivity contribution in [2.45, 2.75) is 58.9 Å². The van der Waals surface area contributed by atoms with Gasteiger partial charge in [0.2, 0.25) is 5.91 Å². The third-order valence-corrected chi connectivity index (χ3v) is 7.55. The molecule has 7 nitrogen and oxygen atoms in total. The van der Waals surface area contributed by atoms with E-state index in [0.29, 0.717) is 24.5 Å². The minimum Gasteiger partial charge on any atom is -0.478 e. The van der Waals surface area contributed by atoms with Gasteiger partial charge in [-0.1, -0.05) is 68.7 Å². The average molecular weight is 511 g/mol. The van der Waals surface area contributed by atoms with Crippen LogP contribution in [0.1, 0.15) is 67.7 Å². The molecule has 196 valence electrons. The Morgan fingerprint density at radius 3 is 2.37 bits per heavy atom. The summed E-state index contributed by atoms with van der Waals surface area (Å²) < 4.78 is 2.12. The minimum atomic E-state index is -0.938. The van der Waals surface area contributed by atoms with Crippen LogP contribution in [0.15, 0.2) is 60.7 Å². The van der Waals surface area contributed by atoms with E-state index in [-0.39, 0.29) is 17.4 Å². The number of aryl methyl sites for hydroxylation is 1. The van der Waals surface area contributed by atoms with E-state index < -0.39 is 5.97 Å². The molecule has 1 N–H and O–H groups in total. The lowest BCUT2D eigenvalue weighted by Gasteiger charge is -2.27. The number of carboxylic acid groups (broad SMARTS) is 1. The van der Waals surface area contributed by atoms with Gasteiger partial charge < -0.3 is 9.67 Å². The van der Waals surface area contributed by atoms with Crippen LogP contribution >= 0.6 is 0 Å². The number of fused-ring (bicyclic) bond motifs is 1. The zero-order valence-electron chi connectivity index (χ0n) is 22.1. The number of imidazole rings is 1. The number of carbonyl (C=O) groups is 2. The SMILES string of the molecule is CCc1nc2ccc(N(CC)C(=O)C3CCCCC3)nc2n1Cc1ccc(-c2ccccc2C(=O)O)cc1. The molecule has 1 amide bonds. The summed E-state index contributed by atoms with van der Waals surface area (Å²) in [5, 5.41) is 9.56. The molecule has 2 aromatic carbocycles. The van der Waals surface area contributed by atoms with Crippen molar-refractivity contribution in [1.29, 1.82) is 0 Å². The number of carboxylic acids is 1. The molecule has 0 saturated heterocycles. The van der Waals surface area contributed by atoms with Crippen LogP contribution in [-0.4, -0.2) is 38.1 Å². The zero-order valence-corrected chi connectivity index (χ0v) is 22.1. The molecule has 0 spiro atoms. The highest BCUT2D eigenvalue weighted by Crippen LogP contribution is 2.29. The molecule has 7 heteroatoms. The fraction of sp³-hybridized carbons (Fsp3) is 0.355. The van der Waals surface area contributed by atoms with Crippen LogP contribution in [0.4, 0.5) is 5.82 Å². The van der Waals surface area contributed by atoms with Gasteiger partial charge >= 0.3 is 5.97 Å². The largest absolute Gasteiger partial charge is 0.478 e. The number of nitrogens with zero attached hydrogens (tertiary/aromatic N) is 4. The number of benzene rings is 2. The van der Waals surface area contributed by atoms with E-state index in [9.17, 15) is 14.7 Å². The van der Waals surface area contributed by atoms with E-state index in [1.54, 1.807) is 12.1 Å². The summed E-state index contributed by atoms with van der Waals surface area (Å²) >= 11 is 0. The number of rotatable bonds is 8. The van der Waals surface area contributed by atoms with Gasteiger partial charge in [-0.05, 0) is 54.7 Å². The van der Waals surface area contributed by atoms with Crippen LogP contribution < -0.4 is 4.90 Å². The van der Waals surface area contributed by atoms with Gasteiger partial charge in [-0.3, -0.25) is 9.69 Å². The number of aromatic carboxylic acids is 1. The van der Waals surface area contributed by atoms with Gasteiger partial charge in [0.15, 0.2) is 5.65 Å². The van der Waals surface area contributed by atoms with Crippen LogP contribution in [0.2, 0.25) is 0 Å². The van der Waals surface area contributed by atoms with E-state index in [1.807, 2.05) is 60.4 Å². The molecule has 0 bridgehead atoms. The number of amides is 1. The summed E-state index contributed by atoms with van der Waals surface area (Å²) in [6.45, 7) is 5.25. The first-order valence-corrected chi connectivity index (χ1v) is 13.6. The van der Waals surface area contributed by atoms with Gasteiger partial charge in [0.25, 0.3) is 0 Å². The summed E-state index contributed by atoms with van der Waals surface area (Å²) in [7, 11) is 0. The van der Waals surface area contributed by atoms with E-state index >= 15 is 0 Å². The molecule has 4 aromatic rings. The van der Waals surface area contributed by atoms with Crippen LogP contribution in [0.25, 0.3) is 22.3 Å². The molecule has 0 unspecified atom stereocenters. The second-order valence-corrected chi connectivity index (χ2v) is 9.95. The molecule has 0 atom stereocenters. The van der Waals surface area contributed by atoms with Gasteiger partial charge in [-0.2, -0.15) is 0 Å². The van der Waals surface area contributed by atoms with Crippen molar-refractivity contribution in [1.82, 2.24) is 14.5 Å². The van der Waals surface area contributed by atoms with Gasteiger partial charge in [0.1, 0.15) is 17.2 Å². The summed E-state index contributed by atoms with van der Waals surface area (Å²) in [4.78, 5) is 36.6. The molecule has 1 aliphatic rings.